The summed E-state index contributed by atoms with van der Waals surface area (Å²) in [5.74, 6) is 0.787. The van der Waals surface area contributed by atoms with Crippen LogP contribution in [0.4, 0.5) is 0 Å². The van der Waals surface area contributed by atoms with Gasteiger partial charge in [0.25, 0.3) is 0 Å². The van der Waals surface area contributed by atoms with Crippen LogP contribution in [-0.4, -0.2) is 22.8 Å². The molecule has 2 heterocycles. The molecular weight excluding hydrogens is 198 g/mol. The summed E-state index contributed by atoms with van der Waals surface area (Å²) in [5.41, 5.74) is 2.90. The van der Waals surface area contributed by atoms with Crippen molar-refractivity contribution in [3.05, 3.63) is 17.5 Å². The molecular formula is C13H21N3. The fraction of sp³-hybridized carbons (Fsp3) is 0.769. The Hall–Kier alpha value is -0.830. The van der Waals surface area contributed by atoms with E-state index in [1.54, 1.807) is 0 Å². The number of hydrogen-bond donors (Lipinski definition) is 2. The van der Waals surface area contributed by atoms with Crippen molar-refractivity contribution < 1.29 is 0 Å². The van der Waals surface area contributed by atoms with Crippen LogP contribution in [0.5, 0.6) is 0 Å². The Balaban J connectivity index is 1.71. The minimum atomic E-state index is 0.681. The van der Waals surface area contributed by atoms with Crippen molar-refractivity contribution in [1.82, 2.24) is 15.5 Å². The normalized spacial score (nSPS) is 26.6. The maximum absolute atomic E-state index is 4.26. The van der Waals surface area contributed by atoms with Crippen LogP contribution in [0.3, 0.4) is 0 Å². The zero-order valence-electron chi connectivity index (χ0n) is 9.84. The molecule has 88 valence electrons. The predicted molar refractivity (Wildman–Crippen MR) is 64.5 cm³/mol. The molecule has 3 heteroatoms. The topological polar surface area (TPSA) is 40.7 Å². The second-order valence-electron chi connectivity index (χ2n) is 5.28. The first-order valence-electron chi connectivity index (χ1n) is 6.69. The van der Waals surface area contributed by atoms with Crippen LogP contribution in [0.15, 0.2) is 6.20 Å². The van der Waals surface area contributed by atoms with Crippen LogP contribution < -0.4 is 5.32 Å². The van der Waals surface area contributed by atoms with Gasteiger partial charge in [-0.05, 0) is 43.7 Å². The van der Waals surface area contributed by atoms with Gasteiger partial charge in [0.05, 0.1) is 6.20 Å². The minimum absolute atomic E-state index is 0.681. The zero-order valence-corrected chi connectivity index (χ0v) is 9.84. The molecule has 2 aliphatic rings. The Bertz CT molecular complexity index is 333. The van der Waals surface area contributed by atoms with Gasteiger partial charge in [-0.15, -0.1) is 0 Å². The van der Waals surface area contributed by atoms with Crippen molar-refractivity contribution in [2.75, 3.05) is 6.54 Å². The Morgan fingerprint density at radius 1 is 1.19 bits per heavy atom. The fourth-order valence-corrected chi connectivity index (χ4v) is 3.25. The first kappa shape index (κ1) is 10.3. The number of aromatic amines is 1. The van der Waals surface area contributed by atoms with Gasteiger partial charge in [0.2, 0.25) is 0 Å². The number of hydrogen-bond acceptors (Lipinski definition) is 2. The third kappa shape index (κ3) is 2.01. The van der Waals surface area contributed by atoms with Crippen molar-refractivity contribution in [3.8, 4) is 0 Å². The molecule has 16 heavy (non-hydrogen) atoms. The molecule has 1 aliphatic heterocycles. The quantitative estimate of drug-likeness (QED) is 0.819. The molecule has 1 saturated carbocycles. The summed E-state index contributed by atoms with van der Waals surface area (Å²) in [7, 11) is 0. The number of nitrogens with one attached hydrogen (secondary N) is 2. The summed E-state index contributed by atoms with van der Waals surface area (Å²) in [6, 6.07) is 0.681. The van der Waals surface area contributed by atoms with Gasteiger partial charge in [0.15, 0.2) is 0 Å². The Labute approximate surface area is 97.0 Å². The Kier molecular flexibility index (Phi) is 2.96. The van der Waals surface area contributed by atoms with Crippen LogP contribution in [0.25, 0.3) is 0 Å². The van der Waals surface area contributed by atoms with Crippen LogP contribution >= 0.6 is 0 Å². The van der Waals surface area contributed by atoms with Gasteiger partial charge in [0, 0.05) is 18.2 Å². The van der Waals surface area contributed by atoms with E-state index in [1.807, 2.05) is 0 Å². The Morgan fingerprint density at radius 3 is 2.81 bits per heavy atom. The zero-order chi connectivity index (χ0) is 10.8. The second-order valence-corrected chi connectivity index (χ2v) is 5.28. The highest BCUT2D eigenvalue weighted by atomic mass is 15.1. The molecule has 2 fully saturated rings. The molecule has 1 saturated heterocycles. The van der Waals surface area contributed by atoms with E-state index in [2.05, 4.69) is 21.7 Å². The molecule has 1 atom stereocenters. The molecule has 0 aromatic carbocycles. The molecule has 3 nitrogen and oxygen atoms in total. The maximum Gasteiger partial charge on any atom is 0.0524 e. The van der Waals surface area contributed by atoms with Gasteiger partial charge >= 0.3 is 0 Å². The van der Waals surface area contributed by atoms with Gasteiger partial charge in [-0.1, -0.05) is 12.8 Å². The first-order valence-corrected chi connectivity index (χ1v) is 6.69. The minimum Gasteiger partial charge on any atom is -0.314 e. The highest BCUT2D eigenvalue weighted by Crippen LogP contribution is 2.35. The summed E-state index contributed by atoms with van der Waals surface area (Å²) in [6.07, 6.45) is 11.4. The van der Waals surface area contributed by atoms with Crippen molar-refractivity contribution in [1.29, 1.82) is 0 Å². The van der Waals surface area contributed by atoms with Gasteiger partial charge in [-0.25, -0.2) is 0 Å². The average molecular weight is 219 g/mol. The largest absolute Gasteiger partial charge is 0.314 e. The molecule has 3 rings (SSSR count). The Morgan fingerprint density at radius 2 is 2.06 bits per heavy atom. The molecule has 0 spiro atoms. The lowest BCUT2D eigenvalue weighted by Crippen LogP contribution is -2.24. The van der Waals surface area contributed by atoms with Crippen molar-refractivity contribution in [2.45, 2.75) is 56.9 Å². The summed E-state index contributed by atoms with van der Waals surface area (Å²) >= 11 is 0. The highest BCUT2D eigenvalue weighted by Gasteiger charge is 2.23. The van der Waals surface area contributed by atoms with Gasteiger partial charge in [0.1, 0.15) is 0 Å². The summed E-state index contributed by atoms with van der Waals surface area (Å²) < 4.78 is 0. The van der Waals surface area contributed by atoms with Gasteiger partial charge < -0.3 is 5.32 Å². The van der Waals surface area contributed by atoms with Crippen LogP contribution in [0.1, 0.15) is 55.7 Å². The lowest BCUT2D eigenvalue weighted by molar-refractivity contribution is 0.585. The number of H-pyrrole nitrogens is 1. The lowest BCUT2D eigenvalue weighted by atomic mass is 9.95. The van der Waals surface area contributed by atoms with E-state index >= 15 is 0 Å². The second kappa shape index (κ2) is 4.58. The predicted octanol–water partition coefficient (Wildman–Crippen LogP) is 2.36. The first-order chi connectivity index (χ1) is 7.93. The molecule has 1 aromatic heterocycles. The average Bonchev–Trinajstić information content (AvgIpc) is 2.98. The van der Waals surface area contributed by atoms with E-state index in [-0.39, 0.29) is 0 Å². The number of nitrogens with zero attached hydrogens (tertiary/aromatic N) is 1. The smallest absolute Gasteiger partial charge is 0.0524 e. The summed E-state index contributed by atoms with van der Waals surface area (Å²) in [4.78, 5) is 0. The summed E-state index contributed by atoms with van der Waals surface area (Å²) in [6.45, 7) is 1.19. The molecule has 1 aromatic rings. The van der Waals surface area contributed by atoms with E-state index in [0.29, 0.717) is 6.04 Å². The molecule has 1 aliphatic carbocycles. The van der Waals surface area contributed by atoms with Gasteiger partial charge in [-0.3, -0.25) is 5.10 Å². The fourth-order valence-electron chi connectivity index (χ4n) is 3.25. The number of aromatic nitrogens is 2. The molecule has 0 radical (unpaired) electrons. The third-order valence-corrected chi connectivity index (χ3v) is 4.16. The number of rotatable bonds is 3. The van der Waals surface area contributed by atoms with Crippen LogP contribution in [-0.2, 0) is 6.42 Å². The van der Waals surface area contributed by atoms with Crippen molar-refractivity contribution >= 4 is 0 Å². The van der Waals surface area contributed by atoms with E-state index in [1.165, 1.54) is 56.3 Å². The van der Waals surface area contributed by atoms with Crippen molar-refractivity contribution in [2.24, 2.45) is 0 Å². The third-order valence-electron chi connectivity index (χ3n) is 4.16. The monoisotopic (exact) mass is 219 g/mol. The molecule has 2 N–H and O–H groups in total. The maximum atomic E-state index is 4.26. The van der Waals surface area contributed by atoms with E-state index in [4.69, 9.17) is 0 Å². The SMILES string of the molecule is c1n[nH]c(CC2CCCN2)c1C1CCCC1. The van der Waals surface area contributed by atoms with E-state index in [0.717, 1.165) is 12.3 Å². The molecule has 1 unspecified atom stereocenters. The molecule has 0 amide bonds. The van der Waals surface area contributed by atoms with E-state index in [9.17, 15) is 0 Å². The standard InChI is InChI=1S/C13H21N3/c1-2-5-10(4-1)12-9-15-16-13(12)8-11-6-3-7-14-11/h9-11,14H,1-8H2,(H,15,16). The molecule has 0 bridgehead atoms. The van der Waals surface area contributed by atoms with Crippen LogP contribution in [0, 0.1) is 0 Å². The lowest BCUT2D eigenvalue weighted by Gasteiger charge is -2.13. The van der Waals surface area contributed by atoms with E-state index < -0.39 is 0 Å². The van der Waals surface area contributed by atoms with Gasteiger partial charge in [-0.2, -0.15) is 5.10 Å². The van der Waals surface area contributed by atoms with Crippen molar-refractivity contribution in [3.63, 3.8) is 0 Å². The highest BCUT2D eigenvalue weighted by molar-refractivity contribution is 5.23. The summed E-state index contributed by atoms with van der Waals surface area (Å²) in [5, 5.41) is 11.0. The van der Waals surface area contributed by atoms with Crippen LogP contribution in [0.2, 0.25) is 0 Å².